The topological polar surface area (TPSA) is 58.6 Å². The Balaban J connectivity index is 1.72. The largest absolute Gasteiger partial charge is 0.490 e. The Bertz CT molecular complexity index is 974. The Hall–Kier alpha value is -2.42. The zero-order chi connectivity index (χ0) is 20.1. The van der Waals surface area contributed by atoms with Crippen LogP contribution in [0.5, 0.6) is 5.75 Å². The average molecular weight is 475 g/mol. The van der Waals surface area contributed by atoms with Crippen molar-refractivity contribution in [2.75, 3.05) is 6.61 Å². The zero-order valence-electron chi connectivity index (χ0n) is 14.6. The van der Waals surface area contributed by atoms with Gasteiger partial charge in [-0.3, -0.25) is 15.0 Å². The van der Waals surface area contributed by atoms with Gasteiger partial charge in [0.2, 0.25) is 0 Å². The number of amides is 2. The fourth-order valence-electron chi connectivity index (χ4n) is 2.34. The van der Waals surface area contributed by atoms with E-state index in [4.69, 9.17) is 17.0 Å². The lowest BCUT2D eigenvalue weighted by Gasteiger charge is -2.16. The van der Waals surface area contributed by atoms with E-state index in [2.05, 4.69) is 27.9 Å². The van der Waals surface area contributed by atoms with Gasteiger partial charge in [0.25, 0.3) is 11.8 Å². The van der Waals surface area contributed by atoms with Crippen molar-refractivity contribution < 1.29 is 14.3 Å². The maximum Gasteiger partial charge on any atom is 0.285 e. The molecule has 0 spiro atoms. The third-order valence-corrected chi connectivity index (χ3v) is 5.66. The van der Waals surface area contributed by atoms with Gasteiger partial charge in [-0.1, -0.05) is 48.7 Å². The summed E-state index contributed by atoms with van der Waals surface area (Å²) in [6.45, 7) is 4.03. The van der Waals surface area contributed by atoms with Gasteiger partial charge in [-0.15, -0.1) is 0 Å². The molecular formula is C20H15BrN2O3S2. The number of thioether (sulfide) groups is 1. The number of ether oxygens (including phenoxy) is 1. The molecule has 1 aliphatic rings. The highest BCUT2D eigenvalue weighted by molar-refractivity contribution is 9.10. The van der Waals surface area contributed by atoms with E-state index in [0.29, 0.717) is 27.3 Å². The van der Waals surface area contributed by atoms with E-state index < -0.39 is 5.91 Å². The first-order valence-electron chi connectivity index (χ1n) is 8.17. The highest BCUT2D eigenvalue weighted by Gasteiger charge is 2.34. The molecule has 8 heteroatoms. The number of carbonyl (C=O) groups excluding carboxylic acids is 2. The summed E-state index contributed by atoms with van der Waals surface area (Å²) in [6, 6.07) is 14.2. The first kappa shape index (κ1) is 20.3. The predicted molar refractivity (Wildman–Crippen MR) is 119 cm³/mol. The summed E-state index contributed by atoms with van der Waals surface area (Å²) in [7, 11) is 0. The summed E-state index contributed by atoms with van der Waals surface area (Å²) in [5, 5.41) is 1.09. The number of nitrogens with zero attached hydrogens (tertiary/aromatic N) is 1. The molecule has 1 N–H and O–H groups in total. The fourth-order valence-corrected chi connectivity index (χ4v) is 3.98. The molecule has 2 amide bonds. The normalized spacial score (nSPS) is 15.0. The first-order chi connectivity index (χ1) is 13.5. The van der Waals surface area contributed by atoms with Gasteiger partial charge in [-0.2, -0.15) is 5.01 Å². The third-order valence-electron chi connectivity index (χ3n) is 3.67. The summed E-state index contributed by atoms with van der Waals surface area (Å²) in [6.07, 6.45) is 3.39. The van der Waals surface area contributed by atoms with Crippen molar-refractivity contribution in [3.8, 4) is 5.75 Å². The number of benzene rings is 2. The lowest BCUT2D eigenvalue weighted by molar-refractivity contribution is -0.123. The molecule has 0 bridgehead atoms. The monoisotopic (exact) mass is 474 g/mol. The van der Waals surface area contributed by atoms with Crippen molar-refractivity contribution in [2.45, 2.75) is 0 Å². The van der Waals surface area contributed by atoms with Crippen LogP contribution in [0.4, 0.5) is 0 Å². The maximum atomic E-state index is 12.7. The van der Waals surface area contributed by atoms with Crippen molar-refractivity contribution in [1.82, 2.24) is 10.4 Å². The minimum Gasteiger partial charge on any atom is -0.490 e. The SMILES string of the molecule is C=CCOc1ccc(/C=C2\SC(=S)N(NC(=O)c3ccccc3Br)C2=O)cc1. The van der Waals surface area contributed by atoms with Crippen LogP contribution >= 0.6 is 39.9 Å². The smallest absolute Gasteiger partial charge is 0.285 e. The van der Waals surface area contributed by atoms with Crippen LogP contribution in [0.15, 0.2) is 70.6 Å². The number of rotatable bonds is 6. The van der Waals surface area contributed by atoms with E-state index >= 15 is 0 Å². The Kier molecular flexibility index (Phi) is 6.66. The first-order valence-corrected chi connectivity index (χ1v) is 10.2. The highest BCUT2D eigenvalue weighted by Crippen LogP contribution is 2.32. The lowest BCUT2D eigenvalue weighted by atomic mass is 10.2. The van der Waals surface area contributed by atoms with Crippen molar-refractivity contribution in [3.63, 3.8) is 0 Å². The van der Waals surface area contributed by atoms with E-state index in [-0.39, 0.29) is 10.2 Å². The van der Waals surface area contributed by atoms with Crippen molar-refractivity contribution in [3.05, 3.63) is 81.7 Å². The Morgan fingerprint density at radius 3 is 2.64 bits per heavy atom. The van der Waals surface area contributed by atoms with Crippen LogP contribution in [-0.2, 0) is 4.79 Å². The summed E-state index contributed by atoms with van der Waals surface area (Å²) >= 11 is 9.71. The molecule has 142 valence electrons. The molecule has 2 aromatic rings. The van der Waals surface area contributed by atoms with Gasteiger partial charge >= 0.3 is 0 Å². The molecule has 0 aromatic heterocycles. The predicted octanol–water partition coefficient (Wildman–Crippen LogP) is 4.56. The molecular weight excluding hydrogens is 460 g/mol. The van der Waals surface area contributed by atoms with Crippen LogP contribution in [-0.4, -0.2) is 27.8 Å². The van der Waals surface area contributed by atoms with Crippen LogP contribution in [0.1, 0.15) is 15.9 Å². The molecule has 0 unspecified atom stereocenters. The summed E-state index contributed by atoms with van der Waals surface area (Å²) in [5.41, 5.74) is 3.80. The van der Waals surface area contributed by atoms with E-state index in [1.54, 1.807) is 36.4 Å². The number of thiocarbonyl (C=S) groups is 1. The van der Waals surface area contributed by atoms with E-state index in [9.17, 15) is 9.59 Å². The van der Waals surface area contributed by atoms with Crippen LogP contribution in [0.3, 0.4) is 0 Å². The molecule has 1 saturated heterocycles. The Morgan fingerprint density at radius 1 is 1.25 bits per heavy atom. The number of halogens is 1. The molecule has 2 aromatic carbocycles. The van der Waals surface area contributed by atoms with Gasteiger partial charge in [-0.05, 0) is 64.1 Å². The van der Waals surface area contributed by atoms with Gasteiger partial charge < -0.3 is 4.74 Å². The van der Waals surface area contributed by atoms with Crippen molar-refractivity contribution >= 4 is 62.1 Å². The van der Waals surface area contributed by atoms with E-state index in [0.717, 1.165) is 22.3 Å². The third kappa shape index (κ3) is 4.70. The van der Waals surface area contributed by atoms with Crippen molar-refractivity contribution in [2.24, 2.45) is 0 Å². The number of hydrogen-bond donors (Lipinski definition) is 1. The molecule has 3 rings (SSSR count). The van der Waals surface area contributed by atoms with E-state index in [1.165, 1.54) is 0 Å². The summed E-state index contributed by atoms with van der Waals surface area (Å²) < 4.78 is 6.34. The van der Waals surface area contributed by atoms with Crippen LogP contribution in [0.2, 0.25) is 0 Å². The average Bonchev–Trinajstić information content (AvgIpc) is 2.95. The second-order valence-corrected chi connectivity index (χ2v) is 8.14. The molecule has 0 atom stereocenters. The molecule has 1 aliphatic heterocycles. The number of nitrogens with one attached hydrogen (secondary N) is 1. The zero-order valence-corrected chi connectivity index (χ0v) is 17.8. The molecule has 0 saturated carbocycles. The van der Waals surface area contributed by atoms with Crippen LogP contribution in [0.25, 0.3) is 6.08 Å². The number of carbonyl (C=O) groups is 2. The van der Waals surface area contributed by atoms with Gasteiger partial charge in [0.15, 0.2) is 4.32 Å². The fraction of sp³-hybridized carbons (Fsp3) is 0.0500. The number of hydrazine groups is 1. The number of hydrogen-bond acceptors (Lipinski definition) is 5. The maximum absolute atomic E-state index is 12.7. The second kappa shape index (κ2) is 9.18. The summed E-state index contributed by atoms with van der Waals surface area (Å²) in [5.74, 6) is -0.0820. The molecule has 0 radical (unpaired) electrons. The van der Waals surface area contributed by atoms with Gasteiger partial charge in [0.05, 0.1) is 10.5 Å². The van der Waals surface area contributed by atoms with Crippen LogP contribution < -0.4 is 10.2 Å². The van der Waals surface area contributed by atoms with Crippen molar-refractivity contribution in [1.29, 1.82) is 0 Å². The molecule has 28 heavy (non-hydrogen) atoms. The molecule has 1 fully saturated rings. The minimum absolute atomic E-state index is 0.266. The van der Waals surface area contributed by atoms with Gasteiger partial charge in [0.1, 0.15) is 12.4 Å². The van der Waals surface area contributed by atoms with E-state index in [1.807, 2.05) is 24.3 Å². The molecule has 1 heterocycles. The Morgan fingerprint density at radius 2 is 1.96 bits per heavy atom. The second-order valence-electron chi connectivity index (χ2n) is 5.61. The summed E-state index contributed by atoms with van der Waals surface area (Å²) in [4.78, 5) is 25.6. The Labute approximate surface area is 180 Å². The highest BCUT2D eigenvalue weighted by atomic mass is 79.9. The van der Waals surface area contributed by atoms with Gasteiger partial charge in [0, 0.05) is 4.47 Å². The quantitative estimate of drug-likeness (QED) is 0.377. The van der Waals surface area contributed by atoms with Gasteiger partial charge in [-0.25, -0.2) is 0 Å². The minimum atomic E-state index is -0.422. The molecule has 0 aliphatic carbocycles. The lowest BCUT2D eigenvalue weighted by Crippen LogP contribution is -2.44. The standard InChI is InChI=1S/C20H15BrN2O3S2/c1-2-11-26-14-9-7-13(8-10-14)12-17-19(25)23(20(27)28-17)22-18(24)15-5-3-4-6-16(15)21/h2-10,12H,1,11H2,(H,22,24)/b17-12-. The molecule has 5 nitrogen and oxygen atoms in total. The van der Waals surface area contributed by atoms with Crippen LogP contribution in [0, 0.1) is 0 Å².